The normalized spacial score (nSPS) is 18.3. The minimum atomic E-state index is 0.155. The van der Waals surface area contributed by atoms with Gasteiger partial charge in [0.15, 0.2) is 0 Å². The Kier molecular flexibility index (Phi) is 4.44. The van der Waals surface area contributed by atoms with Crippen LogP contribution in [0.1, 0.15) is 31.4 Å². The molecule has 0 spiro atoms. The lowest BCUT2D eigenvalue weighted by atomic mass is 9.93. The smallest absolute Gasteiger partial charge is 0.219 e. The molecule has 2 heterocycles. The van der Waals surface area contributed by atoms with E-state index in [0.29, 0.717) is 5.92 Å². The molecule has 0 unspecified atom stereocenters. The number of rotatable bonds is 2. The number of carbonyl (C=O) groups excluding carboxylic acids is 1. The Labute approximate surface area is 135 Å². The van der Waals surface area contributed by atoms with E-state index >= 15 is 0 Å². The van der Waals surface area contributed by atoms with Gasteiger partial charge in [-0.2, -0.15) is 0 Å². The number of benzene rings is 1. The molecule has 0 bridgehead atoms. The summed E-state index contributed by atoms with van der Waals surface area (Å²) in [6, 6.07) is 11.9. The van der Waals surface area contributed by atoms with E-state index in [9.17, 15) is 4.79 Å². The molecule has 3 nitrogen and oxygen atoms in total. The molecular formula is C18H19ClN2O. The molecule has 4 heteroatoms. The summed E-state index contributed by atoms with van der Waals surface area (Å²) in [6.07, 6.45) is 4.05. The van der Waals surface area contributed by atoms with Crippen LogP contribution < -0.4 is 0 Å². The van der Waals surface area contributed by atoms with Crippen LogP contribution in [0.15, 0.2) is 42.6 Å². The highest BCUT2D eigenvalue weighted by Gasteiger charge is 2.23. The van der Waals surface area contributed by atoms with Crippen molar-refractivity contribution in [1.82, 2.24) is 9.88 Å². The van der Waals surface area contributed by atoms with Crippen LogP contribution in [0.4, 0.5) is 0 Å². The largest absolute Gasteiger partial charge is 0.342 e. The van der Waals surface area contributed by atoms with Crippen LogP contribution in [0.5, 0.6) is 0 Å². The lowest BCUT2D eigenvalue weighted by Crippen LogP contribution is -2.37. The molecular weight excluding hydrogens is 296 g/mol. The Morgan fingerprint density at radius 3 is 2.55 bits per heavy atom. The van der Waals surface area contributed by atoms with Gasteiger partial charge in [0.2, 0.25) is 5.91 Å². The lowest BCUT2D eigenvalue weighted by molar-refractivity contribution is -0.130. The number of hydrogen-bond donors (Lipinski definition) is 0. The van der Waals surface area contributed by atoms with Gasteiger partial charge >= 0.3 is 0 Å². The summed E-state index contributed by atoms with van der Waals surface area (Å²) in [5, 5.41) is 0.736. The highest BCUT2D eigenvalue weighted by Crippen LogP contribution is 2.27. The lowest BCUT2D eigenvalue weighted by Gasteiger charge is -2.31. The van der Waals surface area contributed by atoms with Gasteiger partial charge in [-0.3, -0.25) is 9.78 Å². The van der Waals surface area contributed by atoms with E-state index in [2.05, 4.69) is 17.1 Å². The van der Waals surface area contributed by atoms with Crippen LogP contribution >= 0.6 is 11.6 Å². The number of amides is 1. The first kappa shape index (κ1) is 15.0. The second-order valence-corrected chi connectivity index (χ2v) is 6.22. The Balaban J connectivity index is 1.76. The van der Waals surface area contributed by atoms with Crippen molar-refractivity contribution >= 4 is 17.5 Å². The Hall–Kier alpha value is -1.87. The molecule has 1 aromatic heterocycles. The molecule has 114 valence electrons. The molecule has 0 radical (unpaired) electrons. The number of hydrogen-bond acceptors (Lipinski definition) is 2. The molecule has 1 aliphatic heterocycles. The molecule has 1 amide bonds. The minimum absolute atomic E-state index is 0.155. The zero-order chi connectivity index (χ0) is 15.5. The summed E-state index contributed by atoms with van der Waals surface area (Å²) in [5.74, 6) is 0.499. The van der Waals surface area contributed by atoms with Crippen LogP contribution in [0.3, 0.4) is 0 Å². The molecule has 1 aromatic carbocycles. The summed E-state index contributed by atoms with van der Waals surface area (Å²) in [5.41, 5.74) is 3.26. The predicted molar refractivity (Wildman–Crippen MR) is 88.9 cm³/mol. The molecule has 0 N–H and O–H groups in total. The van der Waals surface area contributed by atoms with Crippen molar-refractivity contribution in [2.75, 3.05) is 13.1 Å². The number of halogens is 1. The van der Waals surface area contributed by atoms with Gasteiger partial charge in [-0.1, -0.05) is 29.8 Å². The zero-order valence-electron chi connectivity index (χ0n) is 12.6. The van der Waals surface area contributed by atoms with Crippen LogP contribution in [-0.2, 0) is 4.79 Å². The van der Waals surface area contributed by atoms with Crippen LogP contribution in [0, 0.1) is 0 Å². The van der Waals surface area contributed by atoms with Gasteiger partial charge in [-0.15, -0.1) is 0 Å². The predicted octanol–water partition coefficient (Wildman–Crippen LogP) is 4.13. The average molecular weight is 315 g/mol. The maximum Gasteiger partial charge on any atom is 0.219 e. The van der Waals surface area contributed by atoms with E-state index in [1.54, 1.807) is 6.92 Å². The highest BCUT2D eigenvalue weighted by atomic mass is 35.5. The van der Waals surface area contributed by atoms with Gasteiger partial charge in [0.25, 0.3) is 0 Å². The number of nitrogens with zero attached hydrogens (tertiary/aromatic N) is 2. The quantitative estimate of drug-likeness (QED) is 0.835. The van der Waals surface area contributed by atoms with Gasteiger partial charge in [0, 0.05) is 48.4 Å². The first-order valence-electron chi connectivity index (χ1n) is 7.61. The SMILES string of the molecule is CC(=O)N1CCC[C@H](c2ccc(-c3ccc(Cl)cc3)cn2)C1. The fourth-order valence-electron chi connectivity index (χ4n) is 2.96. The standard InChI is InChI=1S/C18H19ClN2O/c1-13(22)21-10-2-3-16(12-21)18-9-6-15(11-20-18)14-4-7-17(19)8-5-14/h4-9,11,16H,2-3,10,12H2,1H3/t16-/m0/s1. The van der Waals surface area contributed by atoms with E-state index in [4.69, 9.17) is 11.6 Å². The number of likely N-dealkylation sites (tertiary alicyclic amines) is 1. The molecule has 0 saturated carbocycles. The second-order valence-electron chi connectivity index (χ2n) is 5.78. The molecule has 2 aromatic rings. The Bertz CT molecular complexity index is 652. The summed E-state index contributed by atoms with van der Waals surface area (Å²) in [4.78, 5) is 18.1. The summed E-state index contributed by atoms with van der Waals surface area (Å²) in [6.45, 7) is 3.29. The topological polar surface area (TPSA) is 33.2 Å². The average Bonchev–Trinajstić information content (AvgIpc) is 2.56. The summed E-state index contributed by atoms with van der Waals surface area (Å²) in [7, 11) is 0. The molecule has 0 aliphatic carbocycles. The van der Waals surface area contributed by atoms with Crippen molar-refractivity contribution in [1.29, 1.82) is 0 Å². The van der Waals surface area contributed by atoms with Gasteiger partial charge < -0.3 is 4.90 Å². The van der Waals surface area contributed by atoms with E-state index in [-0.39, 0.29) is 5.91 Å². The molecule has 1 aliphatic rings. The van der Waals surface area contributed by atoms with Gasteiger partial charge in [0.05, 0.1) is 0 Å². The van der Waals surface area contributed by atoms with Gasteiger partial charge in [0.1, 0.15) is 0 Å². The molecule has 1 atom stereocenters. The van der Waals surface area contributed by atoms with Crippen molar-refractivity contribution in [3.8, 4) is 11.1 Å². The van der Waals surface area contributed by atoms with E-state index in [0.717, 1.165) is 47.8 Å². The van der Waals surface area contributed by atoms with Gasteiger partial charge in [-0.05, 0) is 36.6 Å². The monoisotopic (exact) mass is 314 g/mol. The van der Waals surface area contributed by atoms with E-state index in [1.165, 1.54) is 0 Å². The summed E-state index contributed by atoms with van der Waals surface area (Å²) < 4.78 is 0. The van der Waals surface area contributed by atoms with E-state index < -0.39 is 0 Å². The van der Waals surface area contributed by atoms with Crippen molar-refractivity contribution in [3.63, 3.8) is 0 Å². The summed E-state index contributed by atoms with van der Waals surface area (Å²) >= 11 is 5.92. The number of aromatic nitrogens is 1. The third-order valence-corrected chi connectivity index (χ3v) is 4.50. The van der Waals surface area contributed by atoms with Crippen molar-refractivity contribution in [2.24, 2.45) is 0 Å². The molecule has 3 rings (SSSR count). The highest BCUT2D eigenvalue weighted by molar-refractivity contribution is 6.30. The number of carbonyl (C=O) groups is 1. The molecule has 1 fully saturated rings. The van der Waals surface area contributed by atoms with Crippen LogP contribution in [0.25, 0.3) is 11.1 Å². The zero-order valence-corrected chi connectivity index (χ0v) is 13.4. The maximum atomic E-state index is 11.5. The first-order valence-corrected chi connectivity index (χ1v) is 7.98. The Morgan fingerprint density at radius 2 is 1.91 bits per heavy atom. The molecule has 22 heavy (non-hydrogen) atoms. The maximum absolute atomic E-state index is 11.5. The number of piperidine rings is 1. The second kappa shape index (κ2) is 6.49. The first-order chi connectivity index (χ1) is 10.6. The van der Waals surface area contributed by atoms with Crippen molar-refractivity contribution < 1.29 is 4.79 Å². The third kappa shape index (κ3) is 3.30. The fraction of sp³-hybridized carbons (Fsp3) is 0.333. The minimum Gasteiger partial charge on any atom is -0.342 e. The fourth-order valence-corrected chi connectivity index (χ4v) is 3.09. The molecule has 1 saturated heterocycles. The van der Waals surface area contributed by atoms with Crippen molar-refractivity contribution in [2.45, 2.75) is 25.7 Å². The van der Waals surface area contributed by atoms with Gasteiger partial charge in [-0.25, -0.2) is 0 Å². The van der Waals surface area contributed by atoms with E-state index in [1.807, 2.05) is 35.4 Å². The van der Waals surface area contributed by atoms with Crippen LogP contribution in [0.2, 0.25) is 5.02 Å². The number of pyridine rings is 1. The van der Waals surface area contributed by atoms with Crippen molar-refractivity contribution in [3.05, 3.63) is 53.3 Å². The Morgan fingerprint density at radius 1 is 1.18 bits per heavy atom. The van der Waals surface area contributed by atoms with Crippen LogP contribution in [-0.4, -0.2) is 28.9 Å². The third-order valence-electron chi connectivity index (χ3n) is 4.25.